The lowest BCUT2D eigenvalue weighted by Crippen LogP contribution is -2.37. The fourth-order valence-corrected chi connectivity index (χ4v) is 3.60. The second-order valence-corrected chi connectivity index (χ2v) is 6.78. The minimum Gasteiger partial charge on any atom is -0.468 e. The molecule has 0 amide bonds. The van der Waals surface area contributed by atoms with Crippen molar-refractivity contribution in [2.45, 2.75) is 61.5 Å². The molecule has 2 atom stereocenters. The van der Waals surface area contributed by atoms with Gasteiger partial charge in [-0.25, -0.2) is 0 Å². The number of methoxy groups -OCH3 is 1. The van der Waals surface area contributed by atoms with Gasteiger partial charge in [-0.15, -0.1) is 0 Å². The third-order valence-corrected chi connectivity index (χ3v) is 4.95. The number of hydrogen-bond acceptors (Lipinski definition) is 4. The van der Waals surface area contributed by atoms with Gasteiger partial charge in [0, 0.05) is 13.1 Å². The third-order valence-electron chi connectivity index (χ3n) is 4.26. The molecule has 110 valence electrons. The molecule has 0 aromatic rings. The number of halogens is 1. The van der Waals surface area contributed by atoms with Crippen molar-refractivity contribution in [1.29, 1.82) is 0 Å². The zero-order valence-corrected chi connectivity index (χ0v) is 13.2. The van der Waals surface area contributed by atoms with Gasteiger partial charge in [0.15, 0.2) is 0 Å². The van der Waals surface area contributed by atoms with E-state index < -0.39 is 0 Å². The number of ether oxygens (including phenoxy) is 2. The third kappa shape index (κ3) is 4.17. The van der Waals surface area contributed by atoms with Crippen molar-refractivity contribution < 1.29 is 14.3 Å². The van der Waals surface area contributed by atoms with Crippen LogP contribution in [-0.4, -0.2) is 42.7 Å². The summed E-state index contributed by atoms with van der Waals surface area (Å²) in [5, 5.41) is 3.29. The largest absolute Gasteiger partial charge is 0.468 e. The van der Waals surface area contributed by atoms with Crippen LogP contribution in [0.5, 0.6) is 0 Å². The summed E-state index contributed by atoms with van der Waals surface area (Å²) in [6, 6.07) is 0. The summed E-state index contributed by atoms with van der Waals surface area (Å²) in [4.78, 5) is 11.0. The molecule has 1 aliphatic heterocycles. The first kappa shape index (κ1) is 15.3. The van der Waals surface area contributed by atoms with E-state index in [0.717, 1.165) is 13.0 Å². The van der Waals surface area contributed by atoms with Gasteiger partial charge in [-0.2, -0.15) is 0 Å². The predicted molar refractivity (Wildman–Crippen MR) is 77.5 cm³/mol. The number of esters is 1. The van der Waals surface area contributed by atoms with Crippen LogP contribution >= 0.6 is 15.9 Å². The van der Waals surface area contributed by atoms with E-state index in [0.29, 0.717) is 12.6 Å². The Morgan fingerprint density at radius 1 is 1.42 bits per heavy atom. The number of rotatable bonds is 5. The van der Waals surface area contributed by atoms with Crippen molar-refractivity contribution in [2.75, 3.05) is 20.2 Å². The Kier molecular flexibility index (Phi) is 5.66. The number of hydrogen-bond donors (Lipinski definition) is 1. The van der Waals surface area contributed by atoms with Crippen LogP contribution < -0.4 is 5.32 Å². The van der Waals surface area contributed by atoms with Gasteiger partial charge in [0.1, 0.15) is 4.83 Å². The van der Waals surface area contributed by atoms with Crippen molar-refractivity contribution in [3.8, 4) is 0 Å². The smallest absolute Gasteiger partial charge is 0.320 e. The first-order valence-corrected chi connectivity index (χ1v) is 8.17. The van der Waals surface area contributed by atoms with Crippen molar-refractivity contribution in [2.24, 2.45) is 0 Å². The minimum absolute atomic E-state index is 0.181. The van der Waals surface area contributed by atoms with Gasteiger partial charge in [-0.3, -0.25) is 4.79 Å². The Bertz CT molecular complexity index is 305. The lowest BCUT2D eigenvalue weighted by atomic mass is 9.83. The maximum Gasteiger partial charge on any atom is 0.320 e. The molecule has 0 radical (unpaired) electrons. The van der Waals surface area contributed by atoms with Crippen molar-refractivity contribution in [3.05, 3.63) is 0 Å². The van der Waals surface area contributed by atoms with E-state index in [1.165, 1.54) is 45.6 Å². The molecule has 1 aliphatic carbocycles. The summed E-state index contributed by atoms with van der Waals surface area (Å²) < 4.78 is 10.9. The van der Waals surface area contributed by atoms with Crippen LogP contribution in [0.25, 0.3) is 0 Å². The fourth-order valence-electron chi connectivity index (χ4n) is 3.19. The van der Waals surface area contributed by atoms with E-state index >= 15 is 0 Å². The van der Waals surface area contributed by atoms with Gasteiger partial charge in [-0.05, 0) is 25.7 Å². The van der Waals surface area contributed by atoms with Gasteiger partial charge in [0.2, 0.25) is 0 Å². The Morgan fingerprint density at radius 2 is 2.16 bits per heavy atom. The summed E-state index contributed by atoms with van der Waals surface area (Å²) in [6.45, 7) is 1.40. The molecule has 5 heteroatoms. The van der Waals surface area contributed by atoms with Gasteiger partial charge < -0.3 is 14.8 Å². The van der Waals surface area contributed by atoms with Gasteiger partial charge in [-0.1, -0.05) is 35.2 Å². The monoisotopic (exact) mass is 333 g/mol. The van der Waals surface area contributed by atoms with E-state index in [9.17, 15) is 4.79 Å². The number of carbonyl (C=O) groups is 1. The average Bonchev–Trinajstić information content (AvgIpc) is 2.81. The zero-order chi connectivity index (χ0) is 13.7. The molecule has 2 aliphatic rings. The van der Waals surface area contributed by atoms with Crippen LogP contribution in [0.3, 0.4) is 0 Å². The summed E-state index contributed by atoms with van der Waals surface area (Å²) in [6.07, 6.45) is 9.08. The molecule has 19 heavy (non-hydrogen) atoms. The van der Waals surface area contributed by atoms with E-state index in [1.54, 1.807) is 0 Å². The number of alkyl halides is 1. The molecule has 1 spiro atoms. The Balaban J connectivity index is 1.66. The summed E-state index contributed by atoms with van der Waals surface area (Å²) in [5.74, 6) is -0.233. The lowest BCUT2D eigenvalue weighted by Gasteiger charge is -2.33. The van der Waals surface area contributed by atoms with Crippen molar-refractivity contribution >= 4 is 21.9 Å². The maximum atomic E-state index is 11.2. The predicted octanol–water partition coefficient (Wildman–Crippen LogP) is 2.39. The quantitative estimate of drug-likeness (QED) is 0.620. The Hall–Kier alpha value is -0.130. The second kappa shape index (κ2) is 7.04. The standard InChI is InChI=1S/C14H24BrNO3/c1-18-13(17)12(15)10-16-9-11-5-8-14(19-11)6-3-2-4-7-14/h11-12,16H,2-10H2,1H3. The van der Waals surface area contributed by atoms with E-state index in [1.807, 2.05) is 0 Å². The van der Waals surface area contributed by atoms with Crippen LogP contribution in [-0.2, 0) is 14.3 Å². The molecule has 1 saturated heterocycles. The highest BCUT2D eigenvalue weighted by atomic mass is 79.9. The molecule has 0 aromatic heterocycles. The fraction of sp³-hybridized carbons (Fsp3) is 0.929. The van der Waals surface area contributed by atoms with Crippen molar-refractivity contribution in [1.82, 2.24) is 5.32 Å². The average molecular weight is 334 g/mol. The summed E-state index contributed by atoms with van der Waals surface area (Å²) in [7, 11) is 1.41. The molecule has 1 N–H and O–H groups in total. The van der Waals surface area contributed by atoms with Crippen LogP contribution in [0.15, 0.2) is 0 Å². The second-order valence-electron chi connectivity index (χ2n) is 5.67. The molecule has 1 saturated carbocycles. The van der Waals surface area contributed by atoms with Gasteiger partial charge >= 0.3 is 5.97 Å². The molecule has 0 aromatic carbocycles. The molecule has 0 bridgehead atoms. The van der Waals surface area contributed by atoms with Gasteiger partial charge in [0.25, 0.3) is 0 Å². The topological polar surface area (TPSA) is 47.6 Å². The van der Waals surface area contributed by atoms with Crippen LogP contribution in [0.2, 0.25) is 0 Å². The molecule has 4 nitrogen and oxygen atoms in total. The zero-order valence-electron chi connectivity index (χ0n) is 11.6. The molecule has 1 heterocycles. The highest BCUT2D eigenvalue weighted by Gasteiger charge is 2.40. The first-order valence-electron chi connectivity index (χ1n) is 7.26. The van der Waals surface area contributed by atoms with Crippen LogP contribution in [0.4, 0.5) is 0 Å². The summed E-state index contributed by atoms with van der Waals surface area (Å²) >= 11 is 3.31. The first-order chi connectivity index (χ1) is 9.15. The Labute approximate surface area is 123 Å². The van der Waals surface area contributed by atoms with E-state index in [4.69, 9.17) is 4.74 Å². The summed E-state index contributed by atoms with van der Waals surface area (Å²) in [5.41, 5.74) is 0.181. The molecule has 2 rings (SSSR count). The normalized spacial score (nSPS) is 27.4. The number of carbonyl (C=O) groups excluding carboxylic acids is 1. The van der Waals surface area contributed by atoms with Gasteiger partial charge in [0.05, 0.1) is 18.8 Å². The van der Waals surface area contributed by atoms with E-state index in [2.05, 4.69) is 26.0 Å². The van der Waals surface area contributed by atoms with Crippen LogP contribution in [0, 0.1) is 0 Å². The highest BCUT2D eigenvalue weighted by Crippen LogP contribution is 2.41. The SMILES string of the molecule is COC(=O)C(Br)CNCC1CCC2(CCCCC2)O1. The Morgan fingerprint density at radius 3 is 2.84 bits per heavy atom. The highest BCUT2D eigenvalue weighted by molar-refractivity contribution is 9.10. The molecule has 2 fully saturated rings. The van der Waals surface area contributed by atoms with Crippen molar-refractivity contribution in [3.63, 3.8) is 0 Å². The van der Waals surface area contributed by atoms with Crippen LogP contribution in [0.1, 0.15) is 44.9 Å². The minimum atomic E-state index is -0.275. The molecule has 2 unspecified atom stereocenters. The molecular formula is C14H24BrNO3. The maximum absolute atomic E-state index is 11.2. The van der Waals surface area contributed by atoms with E-state index in [-0.39, 0.29) is 16.4 Å². The molecular weight excluding hydrogens is 310 g/mol. The lowest BCUT2D eigenvalue weighted by molar-refractivity contribution is -0.139. The number of nitrogens with one attached hydrogen (secondary N) is 1.